The average Bonchev–Trinajstić information content (AvgIpc) is 2.87. The van der Waals surface area contributed by atoms with E-state index >= 15 is 0 Å². The molecule has 0 spiro atoms. The topological polar surface area (TPSA) is 27.7 Å². The molecule has 0 saturated heterocycles. The molecule has 2 aromatic rings. The van der Waals surface area contributed by atoms with Crippen LogP contribution in [0.4, 0.5) is 0 Å². The molecular formula is C14H11BrO3. The molecule has 2 aromatic carbocycles. The van der Waals surface area contributed by atoms with Crippen molar-refractivity contribution in [3.05, 3.63) is 40.9 Å². The highest BCUT2D eigenvalue weighted by atomic mass is 79.9. The van der Waals surface area contributed by atoms with Crippen molar-refractivity contribution in [1.29, 1.82) is 0 Å². The molecule has 3 rings (SSSR count). The summed E-state index contributed by atoms with van der Waals surface area (Å²) in [5.41, 5.74) is 2.07. The summed E-state index contributed by atoms with van der Waals surface area (Å²) in [5, 5.41) is 0. The molecule has 0 N–H and O–H groups in total. The maximum absolute atomic E-state index is 5.54. The first-order valence-electron chi connectivity index (χ1n) is 5.52. The number of hydrogen-bond acceptors (Lipinski definition) is 3. The number of ether oxygens (including phenoxy) is 3. The monoisotopic (exact) mass is 306 g/mol. The summed E-state index contributed by atoms with van der Waals surface area (Å²) in [6.45, 7) is 0.273. The van der Waals surface area contributed by atoms with E-state index in [0.717, 1.165) is 32.8 Å². The summed E-state index contributed by atoms with van der Waals surface area (Å²) in [5.74, 6) is 2.40. The second kappa shape index (κ2) is 4.53. The lowest BCUT2D eigenvalue weighted by atomic mass is 10.0. The SMILES string of the molecule is COc1ccc(-c2c(Br)ccc3c2OCO3)cc1. The Morgan fingerprint density at radius 3 is 2.56 bits per heavy atom. The predicted molar refractivity (Wildman–Crippen MR) is 72.3 cm³/mol. The van der Waals surface area contributed by atoms with Crippen LogP contribution in [0.2, 0.25) is 0 Å². The molecule has 0 fully saturated rings. The first-order valence-corrected chi connectivity index (χ1v) is 6.31. The zero-order valence-corrected chi connectivity index (χ0v) is 11.4. The minimum atomic E-state index is 0.273. The minimum Gasteiger partial charge on any atom is -0.497 e. The van der Waals surface area contributed by atoms with Gasteiger partial charge in [-0.3, -0.25) is 0 Å². The molecule has 3 nitrogen and oxygen atoms in total. The molecule has 0 aliphatic carbocycles. The lowest BCUT2D eigenvalue weighted by Gasteiger charge is -2.09. The molecular weight excluding hydrogens is 296 g/mol. The van der Waals surface area contributed by atoms with Crippen LogP contribution in [0.5, 0.6) is 17.2 Å². The van der Waals surface area contributed by atoms with Crippen LogP contribution in [0.1, 0.15) is 0 Å². The van der Waals surface area contributed by atoms with Crippen LogP contribution in [-0.2, 0) is 0 Å². The zero-order valence-electron chi connectivity index (χ0n) is 9.77. The van der Waals surface area contributed by atoms with Crippen LogP contribution < -0.4 is 14.2 Å². The third kappa shape index (κ3) is 1.82. The van der Waals surface area contributed by atoms with Crippen LogP contribution in [0, 0.1) is 0 Å². The number of rotatable bonds is 2. The van der Waals surface area contributed by atoms with Gasteiger partial charge in [0, 0.05) is 10.0 Å². The van der Waals surface area contributed by atoms with Crippen LogP contribution >= 0.6 is 15.9 Å². The number of hydrogen-bond donors (Lipinski definition) is 0. The zero-order chi connectivity index (χ0) is 12.5. The van der Waals surface area contributed by atoms with Gasteiger partial charge in [0.05, 0.1) is 7.11 Å². The third-order valence-electron chi connectivity index (χ3n) is 2.87. The Morgan fingerprint density at radius 2 is 1.83 bits per heavy atom. The summed E-state index contributed by atoms with van der Waals surface area (Å²) in [7, 11) is 1.65. The van der Waals surface area contributed by atoms with Gasteiger partial charge < -0.3 is 14.2 Å². The maximum atomic E-state index is 5.54. The van der Waals surface area contributed by atoms with E-state index in [4.69, 9.17) is 14.2 Å². The fourth-order valence-electron chi connectivity index (χ4n) is 1.98. The van der Waals surface area contributed by atoms with E-state index in [9.17, 15) is 0 Å². The van der Waals surface area contributed by atoms with Gasteiger partial charge in [0.25, 0.3) is 0 Å². The van der Waals surface area contributed by atoms with E-state index in [-0.39, 0.29) is 6.79 Å². The van der Waals surface area contributed by atoms with E-state index in [1.165, 1.54) is 0 Å². The number of benzene rings is 2. The van der Waals surface area contributed by atoms with Crippen molar-refractivity contribution < 1.29 is 14.2 Å². The standard InChI is InChI=1S/C14H11BrO3/c1-16-10-4-2-9(3-5-10)13-11(15)6-7-12-14(13)18-8-17-12/h2-7H,8H2,1H3. The van der Waals surface area contributed by atoms with E-state index in [1.807, 2.05) is 36.4 Å². The molecule has 1 aliphatic rings. The predicted octanol–water partition coefficient (Wildman–Crippen LogP) is 3.85. The Labute approximate surface area is 113 Å². The maximum Gasteiger partial charge on any atom is 0.231 e. The molecule has 18 heavy (non-hydrogen) atoms. The molecule has 0 saturated carbocycles. The number of fused-ring (bicyclic) bond motifs is 1. The van der Waals surface area contributed by atoms with Crippen molar-refractivity contribution in [2.45, 2.75) is 0 Å². The van der Waals surface area contributed by atoms with Gasteiger partial charge in [-0.1, -0.05) is 28.1 Å². The summed E-state index contributed by atoms with van der Waals surface area (Å²) in [6, 6.07) is 11.7. The third-order valence-corrected chi connectivity index (χ3v) is 3.53. The lowest BCUT2D eigenvalue weighted by Crippen LogP contribution is -1.93. The lowest BCUT2D eigenvalue weighted by molar-refractivity contribution is 0.174. The van der Waals surface area contributed by atoms with E-state index in [1.54, 1.807) is 7.11 Å². The van der Waals surface area contributed by atoms with Gasteiger partial charge in [0.15, 0.2) is 11.5 Å². The molecule has 0 atom stereocenters. The Kier molecular flexibility index (Phi) is 2.88. The Hall–Kier alpha value is -1.68. The van der Waals surface area contributed by atoms with E-state index < -0.39 is 0 Å². The molecule has 92 valence electrons. The summed E-state index contributed by atoms with van der Waals surface area (Å²) < 4.78 is 17.1. The number of methoxy groups -OCH3 is 1. The van der Waals surface area contributed by atoms with Crippen LogP contribution in [-0.4, -0.2) is 13.9 Å². The summed E-state index contributed by atoms with van der Waals surface area (Å²) in [6.07, 6.45) is 0. The molecule has 4 heteroatoms. The smallest absolute Gasteiger partial charge is 0.231 e. The second-order valence-corrected chi connectivity index (χ2v) is 4.74. The van der Waals surface area contributed by atoms with Crippen LogP contribution in [0.25, 0.3) is 11.1 Å². The molecule has 0 radical (unpaired) electrons. The summed E-state index contributed by atoms with van der Waals surface area (Å²) in [4.78, 5) is 0. The second-order valence-electron chi connectivity index (χ2n) is 3.88. The molecule has 0 amide bonds. The van der Waals surface area contributed by atoms with Gasteiger partial charge in [-0.05, 0) is 29.8 Å². The Balaban J connectivity index is 2.13. The van der Waals surface area contributed by atoms with Gasteiger partial charge in [-0.25, -0.2) is 0 Å². The minimum absolute atomic E-state index is 0.273. The molecule has 1 heterocycles. The van der Waals surface area contributed by atoms with Crippen molar-refractivity contribution in [1.82, 2.24) is 0 Å². The Bertz CT molecular complexity index is 578. The first-order chi connectivity index (χ1) is 8.79. The fraction of sp³-hybridized carbons (Fsp3) is 0.143. The highest BCUT2D eigenvalue weighted by molar-refractivity contribution is 9.10. The van der Waals surface area contributed by atoms with Gasteiger partial charge in [0.2, 0.25) is 6.79 Å². The van der Waals surface area contributed by atoms with Crippen LogP contribution in [0.15, 0.2) is 40.9 Å². The average molecular weight is 307 g/mol. The first kappa shape index (κ1) is 11.4. The number of halogens is 1. The molecule has 0 unspecified atom stereocenters. The quantitative estimate of drug-likeness (QED) is 0.843. The molecule has 1 aliphatic heterocycles. The van der Waals surface area contributed by atoms with Crippen molar-refractivity contribution >= 4 is 15.9 Å². The Morgan fingerprint density at radius 1 is 1.06 bits per heavy atom. The van der Waals surface area contributed by atoms with Gasteiger partial charge in [0.1, 0.15) is 5.75 Å². The van der Waals surface area contributed by atoms with E-state index in [2.05, 4.69) is 15.9 Å². The van der Waals surface area contributed by atoms with Gasteiger partial charge in [-0.2, -0.15) is 0 Å². The molecule has 0 aromatic heterocycles. The highest BCUT2D eigenvalue weighted by Gasteiger charge is 2.21. The fourth-order valence-corrected chi connectivity index (χ4v) is 2.52. The van der Waals surface area contributed by atoms with Gasteiger partial charge >= 0.3 is 0 Å². The van der Waals surface area contributed by atoms with Crippen molar-refractivity contribution in [2.24, 2.45) is 0 Å². The van der Waals surface area contributed by atoms with Crippen molar-refractivity contribution in [3.63, 3.8) is 0 Å². The molecule has 0 bridgehead atoms. The largest absolute Gasteiger partial charge is 0.497 e. The highest BCUT2D eigenvalue weighted by Crippen LogP contribution is 2.45. The van der Waals surface area contributed by atoms with Gasteiger partial charge in [-0.15, -0.1) is 0 Å². The van der Waals surface area contributed by atoms with Crippen molar-refractivity contribution in [3.8, 4) is 28.4 Å². The van der Waals surface area contributed by atoms with E-state index in [0.29, 0.717) is 0 Å². The van der Waals surface area contributed by atoms with Crippen molar-refractivity contribution in [2.75, 3.05) is 13.9 Å². The summed E-state index contributed by atoms with van der Waals surface area (Å²) >= 11 is 3.56. The normalized spacial score (nSPS) is 12.6. The van der Waals surface area contributed by atoms with Crippen LogP contribution in [0.3, 0.4) is 0 Å².